The first-order valence-electron chi connectivity index (χ1n) is 10.8. The fourth-order valence-corrected chi connectivity index (χ4v) is 4.89. The molecule has 31 heavy (non-hydrogen) atoms. The van der Waals surface area contributed by atoms with Crippen LogP contribution in [0.25, 0.3) is 0 Å². The number of likely N-dealkylation sites (tertiary alicyclic amines) is 1. The van der Waals surface area contributed by atoms with Gasteiger partial charge in [0.05, 0.1) is 26.6 Å². The average molecular weight is 448 g/mol. The van der Waals surface area contributed by atoms with Gasteiger partial charge in [0.2, 0.25) is 5.91 Å². The van der Waals surface area contributed by atoms with Crippen LogP contribution in [0, 0.1) is 0 Å². The molecule has 0 bridgehead atoms. The zero-order valence-corrected chi connectivity index (χ0v) is 19.6. The maximum Gasteiger partial charge on any atom is 0.359 e. The summed E-state index contributed by atoms with van der Waals surface area (Å²) < 4.78 is 21.6. The molecule has 3 atom stereocenters. The number of amides is 1. The standard InChI is InChI=1S/C23H34N4O3S/c1-25(21(18-26-15-9-10-16-26)19-11-5-4-6-12-19)22(28)17-20-13-7-8-14-23(20,24)27(2,3)31(29)30/h4-8,11-13,21H,9-10,14-18,24H2,1-3H3/p+1/t21-,23?/m1/s1. The van der Waals surface area contributed by atoms with Gasteiger partial charge >= 0.3 is 11.3 Å². The third-order valence-corrected chi connectivity index (χ3v) is 7.89. The molecule has 1 heterocycles. The number of benzene rings is 1. The second kappa shape index (κ2) is 9.75. The number of hydrogen-bond acceptors (Lipinski definition) is 4. The van der Waals surface area contributed by atoms with Crippen LogP contribution in [0.4, 0.5) is 0 Å². The molecule has 3 N–H and O–H groups in total. The summed E-state index contributed by atoms with van der Waals surface area (Å²) in [5, 5.41) is 0. The van der Waals surface area contributed by atoms with E-state index in [4.69, 9.17) is 5.73 Å². The summed E-state index contributed by atoms with van der Waals surface area (Å²) >= 11 is -2.19. The zero-order chi connectivity index (χ0) is 22.6. The second-order valence-corrected chi connectivity index (χ2v) is 10.3. The van der Waals surface area contributed by atoms with Crippen LogP contribution in [0.15, 0.2) is 54.1 Å². The normalized spacial score (nSPS) is 24.0. The van der Waals surface area contributed by atoms with Gasteiger partial charge in [0.25, 0.3) is 0 Å². The second-order valence-electron chi connectivity index (χ2n) is 8.95. The Labute approximate surface area is 188 Å². The molecule has 2 unspecified atom stereocenters. The van der Waals surface area contributed by atoms with E-state index >= 15 is 0 Å². The Hall–Kier alpha value is -1.84. The van der Waals surface area contributed by atoms with Gasteiger partial charge in [-0.3, -0.25) is 15.1 Å². The first kappa shape index (κ1) is 23.8. The van der Waals surface area contributed by atoms with E-state index in [1.54, 1.807) is 14.1 Å². The van der Waals surface area contributed by atoms with Crippen molar-refractivity contribution in [3.05, 3.63) is 59.7 Å². The van der Waals surface area contributed by atoms with Crippen LogP contribution in [0.5, 0.6) is 0 Å². The molecule has 7 nitrogen and oxygen atoms in total. The van der Waals surface area contributed by atoms with Crippen LogP contribution < -0.4 is 5.73 Å². The Kier molecular flexibility index (Phi) is 7.49. The monoisotopic (exact) mass is 447 g/mol. The summed E-state index contributed by atoms with van der Waals surface area (Å²) in [6.07, 6.45) is 8.46. The number of carbonyl (C=O) groups is 1. The number of hydrogen-bond donors (Lipinski definition) is 2. The van der Waals surface area contributed by atoms with E-state index in [0.717, 1.165) is 25.2 Å². The van der Waals surface area contributed by atoms with Crippen LogP contribution in [0.3, 0.4) is 0 Å². The van der Waals surface area contributed by atoms with E-state index < -0.39 is 16.9 Å². The smallest absolute Gasteiger partial charge is 0.337 e. The van der Waals surface area contributed by atoms with Crippen molar-refractivity contribution in [1.82, 2.24) is 9.80 Å². The Morgan fingerprint density at radius 2 is 1.94 bits per heavy atom. The number of rotatable bonds is 8. The largest absolute Gasteiger partial charge is 0.359 e. The van der Waals surface area contributed by atoms with E-state index in [2.05, 4.69) is 17.0 Å². The summed E-state index contributed by atoms with van der Waals surface area (Å²) in [5.41, 5.74) is 7.33. The van der Waals surface area contributed by atoms with Crippen LogP contribution >= 0.6 is 0 Å². The summed E-state index contributed by atoms with van der Waals surface area (Å²) in [5.74, 6) is -0.0480. The van der Waals surface area contributed by atoms with E-state index in [1.807, 2.05) is 48.4 Å². The first-order chi connectivity index (χ1) is 14.7. The van der Waals surface area contributed by atoms with Gasteiger partial charge in [-0.25, -0.2) is 0 Å². The first-order valence-corrected chi connectivity index (χ1v) is 11.9. The van der Waals surface area contributed by atoms with Crippen LogP contribution in [0.1, 0.15) is 37.3 Å². The van der Waals surface area contributed by atoms with Crippen molar-refractivity contribution in [2.24, 2.45) is 5.73 Å². The van der Waals surface area contributed by atoms with Gasteiger partial charge in [-0.15, -0.1) is 0 Å². The number of likely N-dealkylation sites (N-methyl/N-ethyl adjacent to an activating group) is 2. The molecule has 1 aliphatic heterocycles. The lowest BCUT2D eigenvalue weighted by Gasteiger charge is -2.44. The molecule has 1 aromatic carbocycles. The lowest BCUT2D eigenvalue weighted by molar-refractivity contribution is -0.816. The molecule has 0 saturated carbocycles. The highest BCUT2D eigenvalue weighted by atomic mass is 32.2. The summed E-state index contributed by atoms with van der Waals surface area (Å²) in [7, 11) is 5.09. The third-order valence-electron chi connectivity index (χ3n) is 6.79. The molecule has 2 aliphatic rings. The fourth-order valence-electron chi connectivity index (χ4n) is 4.42. The van der Waals surface area contributed by atoms with Gasteiger partial charge < -0.3 is 9.80 Å². The van der Waals surface area contributed by atoms with Crippen LogP contribution in [-0.4, -0.2) is 74.8 Å². The van der Waals surface area contributed by atoms with E-state index in [1.165, 1.54) is 12.8 Å². The van der Waals surface area contributed by atoms with Gasteiger partial charge in [0, 0.05) is 25.6 Å². The average Bonchev–Trinajstić information content (AvgIpc) is 3.27. The molecule has 8 heteroatoms. The van der Waals surface area contributed by atoms with Gasteiger partial charge in [-0.2, -0.15) is 8.10 Å². The number of nitrogens with two attached hydrogens (primary N) is 1. The highest BCUT2D eigenvalue weighted by molar-refractivity contribution is 7.73. The predicted molar refractivity (Wildman–Crippen MR) is 124 cm³/mol. The van der Waals surface area contributed by atoms with Crippen LogP contribution in [0.2, 0.25) is 0 Å². The van der Waals surface area contributed by atoms with Gasteiger partial charge in [0.1, 0.15) is 0 Å². The minimum atomic E-state index is -2.19. The minimum absolute atomic E-state index is 0.0480. The maximum atomic E-state index is 13.4. The topological polar surface area (TPSA) is 86.9 Å². The molecule has 0 radical (unpaired) electrons. The zero-order valence-electron chi connectivity index (χ0n) is 18.7. The minimum Gasteiger partial charge on any atom is -0.337 e. The predicted octanol–water partition coefficient (Wildman–Crippen LogP) is 2.43. The number of carbonyl (C=O) groups excluding carboxylic acids is 1. The van der Waals surface area contributed by atoms with Crippen molar-refractivity contribution in [3.8, 4) is 0 Å². The quantitative estimate of drug-likeness (QED) is 0.363. The van der Waals surface area contributed by atoms with Gasteiger partial charge in [0.15, 0.2) is 5.66 Å². The SMILES string of the molecule is CN(C(=O)CC1=CC=CCC1(N)[N+](C)(C)S(=O)O)[C@H](CN1CCCC1)c1ccccc1. The maximum absolute atomic E-state index is 13.4. The van der Waals surface area contributed by atoms with Crippen molar-refractivity contribution in [1.29, 1.82) is 0 Å². The van der Waals surface area contributed by atoms with Crippen molar-refractivity contribution in [2.75, 3.05) is 40.8 Å². The molecule has 1 saturated heterocycles. The van der Waals surface area contributed by atoms with Crippen LogP contribution in [-0.2, 0) is 16.1 Å². The summed E-state index contributed by atoms with van der Waals surface area (Å²) in [6, 6.07) is 10.1. The van der Waals surface area contributed by atoms with Crippen molar-refractivity contribution in [2.45, 2.75) is 37.4 Å². The van der Waals surface area contributed by atoms with Gasteiger partial charge in [-0.1, -0.05) is 48.6 Å². The molecule has 1 aromatic rings. The van der Waals surface area contributed by atoms with E-state index in [9.17, 15) is 13.6 Å². The van der Waals surface area contributed by atoms with Crippen molar-refractivity contribution < 1.29 is 17.4 Å². The Balaban J connectivity index is 1.83. The van der Waals surface area contributed by atoms with Crippen molar-refractivity contribution >= 4 is 17.2 Å². The highest BCUT2D eigenvalue weighted by Gasteiger charge is 2.50. The molecule has 1 aliphatic carbocycles. The highest BCUT2D eigenvalue weighted by Crippen LogP contribution is 2.35. The lowest BCUT2D eigenvalue weighted by atomic mass is 9.88. The molecular weight excluding hydrogens is 412 g/mol. The number of quaternary nitrogens is 1. The van der Waals surface area contributed by atoms with Gasteiger partial charge in [-0.05, 0) is 31.5 Å². The molecule has 1 fully saturated rings. The Morgan fingerprint density at radius 3 is 2.55 bits per heavy atom. The molecule has 3 rings (SSSR count). The van der Waals surface area contributed by atoms with E-state index in [0.29, 0.717) is 12.0 Å². The van der Waals surface area contributed by atoms with E-state index in [-0.39, 0.29) is 22.3 Å². The fraction of sp³-hybridized carbons (Fsp3) is 0.522. The number of nitrogens with zero attached hydrogens (tertiary/aromatic N) is 3. The molecular formula is C23H35N4O3S+. The molecule has 0 aromatic heterocycles. The van der Waals surface area contributed by atoms with Crippen molar-refractivity contribution in [3.63, 3.8) is 0 Å². The molecule has 1 amide bonds. The molecule has 170 valence electrons. The summed E-state index contributed by atoms with van der Waals surface area (Å²) in [6.45, 7) is 2.91. The lowest BCUT2D eigenvalue weighted by Crippen LogP contribution is -2.67. The number of allylic oxidation sites excluding steroid dienone is 2. The summed E-state index contributed by atoms with van der Waals surface area (Å²) in [4.78, 5) is 17.6. The Morgan fingerprint density at radius 1 is 1.29 bits per heavy atom. The Bertz CT molecular complexity index is 865. The third kappa shape index (κ3) is 4.99. The molecule has 0 spiro atoms.